The number of nitrogens with one attached hydrogen (secondary N) is 2. The second-order valence-electron chi connectivity index (χ2n) is 6.65. The smallest absolute Gasteiger partial charge is 0.292 e. The minimum Gasteiger partial charge on any atom is -0.508 e. The number of phenols is 1. The van der Waals surface area contributed by atoms with Gasteiger partial charge in [-0.2, -0.15) is 0 Å². The number of carbonyl (C=O) groups is 1. The lowest BCUT2D eigenvalue weighted by Gasteiger charge is -2.36. The van der Waals surface area contributed by atoms with E-state index in [0.717, 1.165) is 36.8 Å². The Kier molecular flexibility index (Phi) is 5.56. The minimum atomic E-state index is -0.496. The van der Waals surface area contributed by atoms with E-state index in [-0.39, 0.29) is 29.1 Å². The van der Waals surface area contributed by atoms with Crippen molar-refractivity contribution >= 4 is 23.0 Å². The SMILES string of the molecule is C[C@H](C(=O)Nc1ccccc1[N+](=O)[O-])[NH+]1CCN(c2ccc(O)cc2)CC1. The molecule has 1 aliphatic rings. The van der Waals surface area contributed by atoms with Crippen molar-refractivity contribution in [3.63, 3.8) is 0 Å². The summed E-state index contributed by atoms with van der Waals surface area (Å²) >= 11 is 0. The van der Waals surface area contributed by atoms with Gasteiger partial charge in [-0.25, -0.2) is 0 Å². The topological polar surface area (TPSA) is 100 Å². The van der Waals surface area contributed by atoms with Crippen LogP contribution in [0.25, 0.3) is 0 Å². The summed E-state index contributed by atoms with van der Waals surface area (Å²) in [6.07, 6.45) is 0. The first-order valence-electron chi connectivity index (χ1n) is 8.88. The zero-order valence-electron chi connectivity index (χ0n) is 15.1. The number of benzene rings is 2. The first-order valence-corrected chi connectivity index (χ1v) is 8.88. The van der Waals surface area contributed by atoms with Crippen molar-refractivity contribution in [2.75, 3.05) is 36.4 Å². The Bertz CT molecular complexity index is 817. The number of nitrogens with zero attached hydrogens (tertiary/aromatic N) is 2. The van der Waals surface area contributed by atoms with Gasteiger partial charge < -0.3 is 20.2 Å². The lowest BCUT2D eigenvalue weighted by Crippen LogP contribution is -3.19. The van der Waals surface area contributed by atoms with Crippen molar-refractivity contribution in [3.8, 4) is 5.75 Å². The van der Waals surface area contributed by atoms with Crippen molar-refractivity contribution in [2.24, 2.45) is 0 Å². The molecule has 1 saturated heterocycles. The molecular formula is C19H23N4O4+. The molecule has 1 heterocycles. The number of phenolic OH excluding ortho intramolecular Hbond substituents is 1. The summed E-state index contributed by atoms with van der Waals surface area (Å²) in [5, 5.41) is 23.2. The average Bonchev–Trinajstić information content (AvgIpc) is 2.68. The molecule has 2 aromatic carbocycles. The maximum Gasteiger partial charge on any atom is 0.292 e. The summed E-state index contributed by atoms with van der Waals surface area (Å²) in [6, 6.07) is 12.9. The van der Waals surface area contributed by atoms with Gasteiger partial charge >= 0.3 is 0 Å². The number of piperazine rings is 1. The fourth-order valence-electron chi connectivity index (χ4n) is 3.31. The van der Waals surface area contributed by atoms with E-state index < -0.39 is 4.92 Å². The molecule has 0 aromatic heterocycles. The van der Waals surface area contributed by atoms with Crippen LogP contribution >= 0.6 is 0 Å². The first kappa shape index (κ1) is 18.7. The van der Waals surface area contributed by atoms with Gasteiger partial charge in [-0.1, -0.05) is 12.1 Å². The number of para-hydroxylation sites is 2. The quantitative estimate of drug-likeness (QED) is 0.539. The molecule has 142 valence electrons. The van der Waals surface area contributed by atoms with E-state index in [0.29, 0.717) is 0 Å². The highest BCUT2D eigenvalue weighted by molar-refractivity contribution is 5.95. The van der Waals surface area contributed by atoms with Crippen molar-refractivity contribution in [3.05, 3.63) is 58.6 Å². The predicted octanol–water partition coefficient (Wildman–Crippen LogP) is 1.03. The zero-order chi connectivity index (χ0) is 19.4. The Morgan fingerprint density at radius 3 is 2.44 bits per heavy atom. The van der Waals surface area contributed by atoms with E-state index in [1.54, 1.807) is 30.3 Å². The third-order valence-corrected chi connectivity index (χ3v) is 4.98. The summed E-state index contributed by atoms with van der Waals surface area (Å²) in [4.78, 5) is 26.5. The third kappa shape index (κ3) is 4.35. The van der Waals surface area contributed by atoms with Crippen LogP contribution in [0.4, 0.5) is 17.1 Å². The van der Waals surface area contributed by atoms with Crippen LogP contribution in [-0.2, 0) is 4.79 Å². The third-order valence-electron chi connectivity index (χ3n) is 4.98. The lowest BCUT2D eigenvalue weighted by molar-refractivity contribution is -0.914. The lowest BCUT2D eigenvalue weighted by atomic mass is 10.2. The standard InChI is InChI=1S/C19H22N4O4/c1-14(19(25)20-17-4-2-3-5-18(17)23(26)27)21-10-12-22(13-11-21)15-6-8-16(24)9-7-15/h2-9,14,24H,10-13H2,1H3,(H,20,25)/p+1/t14-/m1/s1. The molecule has 0 aliphatic carbocycles. The Hall–Kier alpha value is -3.13. The molecule has 27 heavy (non-hydrogen) atoms. The minimum absolute atomic E-state index is 0.106. The number of hydrogen-bond acceptors (Lipinski definition) is 5. The number of rotatable bonds is 5. The van der Waals surface area contributed by atoms with Gasteiger partial charge in [0.05, 0.1) is 31.1 Å². The number of amides is 1. The van der Waals surface area contributed by atoms with Crippen LogP contribution in [0.3, 0.4) is 0 Å². The van der Waals surface area contributed by atoms with Gasteiger partial charge in [0.15, 0.2) is 6.04 Å². The molecule has 1 atom stereocenters. The van der Waals surface area contributed by atoms with Gasteiger partial charge in [0.1, 0.15) is 11.4 Å². The Balaban J connectivity index is 1.59. The van der Waals surface area contributed by atoms with E-state index in [1.807, 2.05) is 19.1 Å². The highest BCUT2D eigenvalue weighted by Crippen LogP contribution is 2.23. The second kappa shape index (κ2) is 8.05. The van der Waals surface area contributed by atoms with Crippen LogP contribution in [0.1, 0.15) is 6.92 Å². The molecule has 0 radical (unpaired) electrons. The number of nitro benzene ring substituents is 1. The summed E-state index contributed by atoms with van der Waals surface area (Å²) < 4.78 is 0. The molecule has 3 N–H and O–H groups in total. The van der Waals surface area contributed by atoms with Crippen LogP contribution in [-0.4, -0.2) is 48.2 Å². The molecule has 8 heteroatoms. The van der Waals surface area contributed by atoms with Gasteiger partial charge in [-0.3, -0.25) is 14.9 Å². The highest BCUT2D eigenvalue weighted by atomic mass is 16.6. The molecule has 1 aliphatic heterocycles. The van der Waals surface area contributed by atoms with Gasteiger partial charge in [-0.15, -0.1) is 0 Å². The van der Waals surface area contributed by atoms with Crippen molar-refractivity contribution in [1.29, 1.82) is 0 Å². The number of carbonyl (C=O) groups excluding carboxylic acids is 1. The number of quaternary nitrogens is 1. The van der Waals surface area contributed by atoms with Gasteiger partial charge in [-0.05, 0) is 37.3 Å². The molecule has 1 amide bonds. The van der Waals surface area contributed by atoms with Gasteiger partial charge in [0, 0.05) is 11.8 Å². The first-order chi connectivity index (χ1) is 13.0. The predicted molar refractivity (Wildman–Crippen MR) is 102 cm³/mol. The molecule has 8 nitrogen and oxygen atoms in total. The summed E-state index contributed by atoms with van der Waals surface area (Å²) in [7, 11) is 0. The van der Waals surface area contributed by atoms with Crippen LogP contribution < -0.4 is 15.1 Å². The van der Waals surface area contributed by atoms with Crippen LogP contribution in [0, 0.1) is 10.1 Å². The van der Waals surface area contributed by atoms with E-state index in [2.05, 4.69) is 10.2 Å². The summed E-state index contributed by atoms with van der Waals surface area (Å²) in [6.45, 7) is 5.00. The molecular weight excluding hydrogens is 348 g/mol. The van der Waals surface area contributed by atoms with Gasteiger partial charge in [0.2, 0.25) is 0 Å². The molecule has 0 unspecified atom stereocenters. The maximum atomic E-state index is 12.6. The molecule has 0 saturated carbocycles. The van der Waals surface area contributed by atoms with E-state index in [1.165, 1.54) is 6.07 Å². The van der Waals surface area contributed by atoms with Crippen LogP contribution in [0.5, 0.6) is 5.75 Å². The second-order valence-corrected chi connectivity index (χ2v) is 6.65. The van der Waals surface area contributed by atoms with Crippen molar-refractivity contribution in [2.45, 2.75) is 13.0 Å². The number of anilines is 2. The monoisotopic (exact) mass is 371 g/mol. The highest BCUT2D eigenvalue weighted by Gasteiger charge is 2.30. The van der Waals surface area contributed by atoms with Gasteiger partial charge in [0.25, 0.3) is 11.6 Å². The fourth-order valence-corrected chi connectivity index (χ4v) is 3.31. The fraction of sp³-hybridized carbons (Fsp3) is 0.316. The number of aromatic hydroxyl groups is 1. The molecule has 0 bridgehead atoms. The molecule has 0 spiro atoms. The average molecular weight is 371 g/mol. The molecule has 3 rings (SSSR count). The van der Waals surface area contributed by atoms with Crippen LogP contribution in [0.15, 0.2) is 48.5 Å². The number of nitro groups is 1. The Labute approximate surface area is 157 Å². The van der Waals surface area contributed by atoms with E-state index in [9.17, 15) is 20.0 Å². The number of hydrogen-bond donors (Lipinski definition) is 3. The van der Waals surface area contributed by atoms with E-state index in [4.69, 9.17) is 0 Å². The summed E-state index contributed by atoms with van der Waals surface area (Å²) in [5.41, 5.74) is 1.16. The van der Waals surface area contributed by atoms with Crippen LogP contribution in [0.2, 0.25) is 0 Å². The Morgan fingerprint density at radius 2 is 1.81 bits per heavy atom. The van der Waals surface area contributed by atoms with Crippen molar-refractivity contribution in [1.82, 2.24) is 0 Å². The Morgan fingerprint density at radius 1 is 1.19 bits per heavy atom. The largest absolute Gasteiger partial charge is 0.508 e. The molecule has 1 fully saturated rings. The summed E-state index contributed by atoms with van der Waals surface area (Å²) in [5.74, 6) is 0.0145. The zero-order valence-corrected chi connectivity index (χ0v) is 15.1. The normalized spacial score (nSPS) is 16.0. The van der Waals surface area contributed by atoms with E-state index >= 15 is 0 Å². The molecule has 2 aromatic rings. The van der Waals surface area contributed by atoms with Crippen molar-refractivity contribution < 1.29 is 19.7 Å². The maximum absolute atomic E-state index is 12.6.